The monoisotopic (exact) mass is 243 g/mol. The minimum absolute atomic E-state index is 0.158. The highest BCUT2D eigenvalue weighted by Gasteiger charge is 2.18. The van der Waals surface area contributed by atoms with E-state index in [0.29, 0.717) is 0 Å². The molecular formula is C14H29NO2. The Morgan fingerprint density at radius 2 is 2.06 bits per heavy atom. The van der Waals surface area contributed by atoms with Gasteiger partial charge in [0.1, 0.15) is 0 Å². The normalized spacial score (nSPS) is 18.7. The Bertz CT molecular complexity index is 170. The highest BCUT2D eigenvalue weighted by Crippen LogP contribution is 2.28. The van der Waals surface area contributed by atoms with E-state index >= 15 is 0 Å². The molecule has 0 spiro atoms. The van der Waals surface area contributed by atoms with Gasteiger partial charge in [0.25, 0.3) is 0 Å². The van der Waals surface area contributed by atoms with Crippen LogP contribution in [0.2, 0.25) is 0 Å². The SMILES string of the molecule is CCCOCCCNCC(O)CC1CCCC1. The van der Waals surface area contributed by atoms with Gasteiger partial charge in [0.05, 0.1) is 6.10 Å². The van der Waals surface area contributed by atoms with Crippen LogP contribution in [-0.2, 0) is 4.74 Å². The van der Waals surface area contributed by atoms with Gasteiger partial charge in [-0.05, 0) is 31.7 Å². The smallest absolute Gasteiger partial charge is 0.0667 e. The van der Waals surface area contributed by atoms with Gasteiger partial charge in [-0.1, -0.05) is 32.6 Å². The molecule has 3 nitrogen and oxygen atoms in total. The quantitative estimate of drug-likeness (QED) is 0.579. The van der Waals surface area contributed by atoms with Gasteiger partial charge in [0.15, 0.2) is 0 Å². The molecule has 0 radical (unpaired) electrons. The molecule has 2 N–H and O–H groups in total. The van der Waals surface area contributed by atoms with Gasteiger partial charge in [-0.2, -0.15) is 0 Å². The Morgan fingerprint density at radius 1 is 1.29 bits per heavy atom. The van der Waals surface area contributed by atoms with E-state index in [-0.39, 0.29) is 6.10 Å². The molecule has 1 fully saturated rings. The predicted octanol–water partition coefficient (Wildman–Crippen LogP) is 2.33. The van der Waals surface area contributed by atoms with E-state index in [1.165, 1.54) is 25.7 Å². The summed E-state index contributed by atoms with van der Waals surface area (Å²) in [4.78, 5) is 0. The highest BCUT2D eigenvalue weighted by atomic mass is 16.5. The Labute approximate surface area is 106 Å². The van der Waals surface area contributed by atoms with Crippen LogP contribution < -0.4 is 5.32 Å². The van der Waals surface area contributed by atoms with E-state index in [9.17, 15) is 5.11 Å². The van der Waals surface area contributed by atoms with Crippen molar-refractivity contribution in [1.29, 1.82) is 0 Å². The van der Waals surface area contributed by atoms with Crippen LogP contribution >= 0.6 is 0 Å². The molecule has 1 aliphatic rings. The van der Waals surface area contributed by atoms with Gasteiger partial charge in [-0.15, -0.1) is 0 Å². The molecule has 0 aromatic carbocycles. The lowest BCUT2D eigenvalue weighted by atomic mass is 10.0. The largest absolute Gasteiger partial charge is 0.392 e. The maximum atomic E-state index is 9.86. The summed E-state index contributed by atoms with van der Waals surface area (Å²) in [7, 11) is 0. The minimum atomic E-state index is -0.158. The lowest BCUT2D eigenvalue weighted by Crippen LogP contribution is -2.29. The number of nitrogens with one attached hydrogen (secondary N) is 1. The highest BCUT2D eigenvalue weighted by molar-refractivity contribution is 4.72. The molecule has 1 unspecified atom stereocenters. The molecule has 0 aromatic heterocycles. The fraction of sp³-hybridized carbons (Fsp3) is 1.00. The van der Waals surface area contributed by atoms with E-state index in [2.05, 4.69) is 12.2 Å². The van der Waals surface area contributed by atoms with Crippen molar-refractivity contribution in [2.45, 2.75) is 58.0 Å². The first-order chi connectivity index (χ1) is 8.33. The second-order valence-electron chi connectivity index (χ2n) is 5.21. The van der Waals surface area contributed by atoms with Crippen LogP contribution in [0.15, 0.2) is 0 Å². The number of ether oxygens (including phenoxy) is 1. The summed E-state index contributed by atoms with van der Waals surface area (Å²) in [5.41, 5.74) is 0. The van der Waals surface area contributed by atoms with Crippen molar-refractivity contribution < 1.29 is 9.84 Å². The minimum Gasteiger partial charge on any atom is -0.392 e. The zero-order chi connectivity index (χ0) is 12.3. The van der Waals surface area contributed by atoms with Gasteiger partial charge in [-0.3, -0.25) is 0 Å². The van der Waals surface area contributed by atoms with Crippen molar-refractivity contribution in [3.05, 3.63) is 0 Å². The lowest BCUT2D eigenvalue weighted by Gasteiger charge is -2.15. The molecule has 0 aromatic rings. The Hall–Kier alpha value is -0.120. The average molecular weight is 243 g/mol. The summed E-state index contributed by atoms with van der Waals surface area (Å²) in [5.74, 6) is 0.777. The molecule has 0 bridgehead atoms. The van der Waals surface area contributed by atoms with E-state index in [0.717, 1.165) is 51.5 Å². The first kappa shape index (κ1) is 14.9. The van der Waals surface area contributed by atoms with Crippen LogP contribution in [0.1, 0.15) is 51.9 Å². The zero-order valence-corrected chi connectivity index (χ0v) is 11.3. The first-order valence-electron chi connectivity index (χ1n) is 7.29. The third-order valence-electron chi connectivity index (χ3n) is 3.45. The molecule has 1 saturated carbocycles. The molecule has 0 saturated heterocycles. The Morgan fingerprint density at radius 3 is 2.76 bits per heavy atom. The zero-order valence-electron chi connectivity index (χ0n) is 11.3. The molecule has 0 amide bonds. The number of rotatable bonds is 10. The second kappa shape index (κ2) is 9.86. The van der Waals surface area contributed by atoms with Crippen LogP contribution in [0.3, 0.4) is 0 Å². The molecule has 1 atom stereocenters. The number of aliphatic hydroxyl groups excluding tert-OH is 1. The van der Waals surface area contributed by atoms with Crippen molar-refractivity contribution in [3.8, 4) is 0 Å². The van der Waals surface area contributed by atoms with E-state index < -0.39 is 0 Å². The maximum Gasteiger partial charge on any atom is 0.0667 e. The van der Waals surface area contributed by atoms with Gasteiger partial charge in [-0.25, -0.2) is 0 Å². The van der Waals surface area contributed by atoms with E-state index in [4.69, 9.17) is 4.74 Å². The van der Waals surface area contributed by atoms with Crippen molar-refractivity contribution in [3.63, 3.8) is 0 Å². The first-order valence-corrected chi connectivity index (χ1v) is 7.29. The van der Waals surface area contributed by atoms with Gasteiger partial charge < -0.3 is 15.2 Å². The van der Waals surface area contributed by atoms with Crippen molar-refractivity contribution in [1.82, 2.24) is 5.32 Å². The van der Waals surface area contributed by atoms with Gasteiger partial charge in [0, 0.05) is 19.8 Å². The molecule has 3 heteroatoms. The topological polar surface area (TPSA) is 41.5 Å². The summed E-state index contributed by atoms with van der Waals surface area (Å²) in [6.45, 7) is 5.51. The summed E-state index contributed by atoms with van der Waals surface area (Å²) >= 11 is 0. The molecule has 1 rings (SSSR count). The number of aliphatic hydroxyl groups is 1. The van der Waals surface area contributed by atoms with Crippen molar-refractivity contribution in [2.24, 2.45) is 5.92 Å². The third-order valence-corrected chi connectivity index (χ3v) is 3.45. The van der Waals surface area contributed by atoms with Crippen LogP contribution in [0.25, 0.3) is 0 Å². The van der Waals surface area contributed by atoms with Crippen LogP contribution in [0.4, 0.5) is 0 Å². The van der Waals surface area contributed by atoms with E-state index in [1.807, 2.05) is 0 Å². The standard InChI is InChI=1S/C14H29NO2/c1-2-9-17-10-5-8-15-12-14(16)11-13-6-3-4-7-13/h13-16H,2-12H2,1H3. The summed E-state index contributed by atoms with van der Waals surface area (Å²) in [5, 5.41) is 13.2. The maximum absolute atomic E-state index is 9.86. The Balaban J connectivity index is 1.84. The third kappa shape index (κ3) is 7.74. The molecular weight excluding hydrogens is 214 g/mol. The molecule has 0 aliphatic heterocycles. The summed E-state index contributed by atoms with van der Waals surface area (Å²) in [6.07, 6.45) is 8.32. The van der Waals surface area contributed by atoms with Crippen LogP contribution in [0, 0.1) is 5.92 Å². The Kier molecular flexibility index (Phi) is 8.67. The molecule has 17 heavy (non-hydrogen) atoms. The van der Waals surface area contributed by atoms with Gasteiger partial charge in [0.2, 0.25) is 0 Å². The fourth-order valence-corrected chi connectivity index (χ4v) is 2.53. The second-order valence-corrected chi connectivity index (χ2v) is 5.21. The van der Waals surface area contributed by atoms with E-state index in [1.54, 1.807) is 0 Å². The lowest BCUT2D eigenvalue weighted by molar-refractivity contribution is 0.125. The number of hydrogen-bond donors (Lipinski definition) is 2. The van der Waals surface area contributed by atoms with Gasteiger partial charge >= 0.3 is 0 Å². The summed E-state index contributed by atoms with van der Waals surface area (Å²) in [6, 6.07) is 0. The van der Waals surface area contributed by atoms with Crippen molar-refractivity contribution >= 4 is 0 Å². The predicted molar refractivity (Wildman–Crippen MR) is 71.2 cm³/mol. The van der Waals surface area contributed by atoms with Crippen LogP contribution in [0.5, 0.6) is 0 Å². The molecule has 0 heterocycles. The average Bonchev–Trinajstić information content (AvgIpc) is 2.80. The molecule has 102 valence electrons. The number of hydrogen-bond acceptors (Lipinski definition) is 3. The fourth-order valence-electron chi connectivity index (χ4n) is 2.53. The van der Waals surface area contributed by atoms with Crippen LogP contribution in [-0.4, -0.2) is 37.5 Å². The van der Waals surface area contributed by atoms with Crippen molar-refractivity contribution in [2.75, 3.05) is 26.3 Å². The molecule has 1 aliphatic carbocycles. The summed E-state index contributed by atoms with van der Waals surface area (Å²) < 4.78 is 5.39.